The molecule has 0 saturated carbocycles. The van der Waals surface area contributed by atoms with Crippen LogP contribution in [0.15, 0.2) is 0 Å². The number of ether oxygens (including phenoxy) is 1. The van der Waals surface area contributed by atoms with Crippen molar-refractivity contribution in [2.45, 2.75) is 50.7 Å². The lowest BCUT2D eigenvalue weighted by molar-refractivity contribution is -0.138. The van der Waals surface area contributed by atoms with Crippen molar-refractivity contribution in [3.63, 3.8) is 0 Å². The SMILES string of the molecule is CC(=O)NC1CCN(C[C@@]2(O)CCN(C(=O)C3CCOCC3)C2)CC1. The molecule has 3 saturated heterocycles. The molecule has 0 bridgehead atoms. The second kappa shape index (κ2) is 8.01. The van der Waals surface area contributed by atoms with Gasteiger partial charge >= 0.3 is 0 Å². The van der Waals surface area contributed by atoms with Crippen molar-refractivity contribution in [1.29, 1.82) is 0 Å². The Morgan fingerprint density at radius 3 is 2.48 bits per heavy atom. The number of aliphatic hydroxyl groups is 1. The molecule has 3 aliphatic rings. The molecule has 142 valence electrons. The summed E-state index contributed by atoms with van der Waals surface area (Å²) in [5.74, 6) is 0.267. The molecule has 0 aromatic rings. The molecule has 0 aromatic heterocycles. The first-order chi connectivity index (χ1) is 12.0. The van der Waals surface area contributed by atoms with Crippen LogP contribution in [0.5, 0.6) is 0 Å². The van der Waals surface area contributed by atoms with Crippen molar-refractivity contribution < 1.29 is 19.4 Å². The van der Waals surface area contributed by atoms with E-state index in [1.807, 2.05) is 4.90 Å². The molecule has 3 aliphatic heterocycles. The van der Waals surface area contributed by atoms with Crippen LogP contribution in [0, 0.1) is 5.92 Å². The molecule has 7 heteroatoms. The normalized spacial score (nSPS) is 29.8. The Morgan fingerprint density at radius 2 is 1.84 bits per heavy atom. The van der Waals surface area contributed by atoms with Crippen LogP contribution in [0.4, 0.5) is 0 Å². The molecule has 3 fully saturated rings. The number of hydrogen-bond acceptors (Lipinski definition) is 5. The monoisotopic (exact) mass is 353 g/mol. The fourth-order valence-corrected chi connectivity index (χ4v) is 4.32. The molecule has 0 spiro atoms. The van der Waals surface area contributed by atoms with E-state index in [4.69, 9.17) is 4.74 Å². The highest BCUT2D eigenvalue weighted by Gasteiger charge is 2.41. The highest BCUT2D eigenvalue weighted by molar-refractivity contribution is 5.79. The first-order valence-electron chi connectivity index (χ1n) is 9.53. The molecule has 0 radical (unpaired) electrons. The van der Waals surface area contributed by atoms with Crippen molar-refractivity contribution in [3.05, 3.63) is 0 Å². The van der Waals surface area contributed by atoms with Crippen LogP contribution >= 0.6 is 0 Å². The number of nitrogens with zero attached hydrogens (tertiary/aromatic N) is 2. The second-order valence-corrected chi connectivity index (χ2v) is 7.87. The van der Waals surface area contributed by atoms with E-state index in [1.54, 1.807) is 6.92 Å². The van der Waals surface area contributed by atoms with Gasteiger partial charge in [0.1, 0.15) is 0 Å². The summed E-state index contributed by atoms with van der Waals surface area (Å²) >= 11 is 0. The number of amides is 2. The minimum Gasteiger partial charge on any atom is -0.387 e. The van der Waals surface area contributed by atoms with Crippen LogP contribution in [0.3, 0.4) is 0 Å². The Balaban J connectivity index is 1.45. The molecule has 2 amide bonds. The Labute approximate surface area is 149 Å². The summed E-state index contributed by atoms with van der Waals surface area (Å²) in [6.07, 6.45) is 4.07. The molecule has 0 unspecified atom stereocenters. The van der Waals surface area contributed by atoms with Gasteiger partial charge in [0.25, 0.3) is 0 Å². The number of rotatable bonds is 4. The predicted octanol–water partition coefficient (Wildman–Crippen LogP) is -0.0231. The smallest absolute Gasteiger partial charge is 0.225 e. The average molecular weight is 353 g/mol. The molecule has 25 heavy (non-hydrogen) atoms. The summed E-state index contributed by atoms with van der Waals surface area (Å²) in [7, 11) is 0. The zero-order valence-electron chi connectivity index (χ0n) is 15.2. The van der Waals surface area contributed by atoms with E-state index in [9.17, 15) is 14.7 Å². The number of nitrogens with one attached hydrogen (secondary N) is 1. The summed E-state index contributed by atoms with van der Waals surface area (Å²) in [4.78, 5) is 27.9. The molecule has 0 aliphatic carbocycles. The molecular weight excluding hydrogens is 322 g/mol. The highest BCUT2D eigenvalue weighted by Crippen LogP contribution is 2.27. The van der Waals surface area contributed by atoms with E-state index in [0.29, 0.717) is 39.3 Å². The Hall–Kier alpha value is -1.18. The summed E-state index contributed by atoms with van der Waals surface area (Å²) in [5.41, 5.74) is -0.804. The molecule has 3 heterocycles. The van der Waals surface area contributed by atoms with Gasteiger partial charge in [0.15, 0.2) is 0 Å². The zero-order chi connectivity index (χ0) is 17.9. The standard InChI is InChI=1S/C18H31N3O4/c1-14(22)19-16-2-7-20(8-3-16)12-18(24)6-9-21(13-18)17(23)15-4-10-25-11-5-15/h15-16,24H,2-13H2,1H3,(H,19,22)/t18-/m0/s1. The van der Waals surface area contributed by atoms with Crippen molar-refractivity contribution in [3.8, 4) is 0 Å². The third-order valence-electron chi connectivity index (χ3n) is 5.73. The van der Waals surface area contributed by atoms with Crippen LogP contribution in [0.2, 0.25) is 0 Å². The lowest BCUT2D eigenvalue weighted by atomic mass is 9.98. The van der Waals surface area contributed by atoms with Gasteiger partial charge in [-0.1, -0.05) is 0 Å². The molecule has 7 nitrogen and oxygen atoms in total. The summed E-state index contributed by atoms with van der Waals surface area (Å²) in [6, 6.07) is 0.249. The number of β-amino-alcohol motifs (C(OH)–C–C–N with tert-alkyl or cyclic N) is 1. The van der Waals surface area contributed by atoms with Gasteiger partial charge in [-0.25, -0.2) is 0 Å². The minimum absolute atomic E-state index is 0.0233. The maximum Gasteiger partial charge on any atom is 0.225 e. The van der Waals surface area contributed by atoms with Gasteiger partial charge in [-0.15, -0.1) is 0 Å². The number of hydrogen-bond donors (Lipinski definition) is 2. The maximum absolute atomic E-state index is 12.6. The first-order valence-corrected chi connectivity index (χ1v) is 9.53. The second-order valence-electron chi connectivity index (χ2n) is 7.87. The van der Waals surface area contributed by atoms with E-state index < -0.39 is 5.60 Å². The number of carbonyl (C=O) groups excluding carboxylic acids is 2. The third kappa shape index (κ3) is 4.92. The Kier molecular flexibility index (Phi) is 5.96. The highest BCUT2D eigenvalue weighted by atomic mass is 16.5. The largest absolute Gasteiger partial charge is 0.387 e. The first kappa shape index (κ1) is 18.6. The van der Waals surface area contributed by atoms with Gasteiger partial charge < -0.3 is 25.0 Å². The lowest BCUT2D eigenvalue weighted by Crippen LogP contribution is -2.51. The lowest BCUT2D eigenvalue weighted by Gasteiger charge is -2.36. The number of carbonyl (C=O) groups is 2. The van der Waals surface area contributed by atoms with E-state index >= 15 is 0 Å². The average Bonchev–Trinajstić information content (AvgIpc) is 2.98. The van der Waals surface area contributed by atoms with Crippen LogP contribution in [0.1, 0.15) is 39.0 Å². The van der Waals surface area contributed by atoms with Crippen LogP contribution in [-0.4, -0.2) is 84.3 Å². The van der Waals surface area contributed by atoms with Crippen molar-refractivity contribution >= 4 is 11.8 Å². The molecule has 2 N–H and O–H groups in total. The summed E-state index contributed by atoms with van der Waals surface area (Å²) in [5, 5.41) is 13.9. The maximum atomic E-state index is 12.6. The van der Waals surface area contributed by atoms with Gasteiger partial charge in [0.2, 0.25) is 11.8 Å². The summed E-state index contributed by atoms with van der Waals surface area (Å²) in [6.45, 7) is 6.33. The fourth-order valence-electron chi connectivity index (χ4n) is 4.32. The van der Waals surface area contributed by atoms with Crippen LogP contribution in [0.25, 0.3) is 0 Å². The van der Waals surface area contributed by atoms with Gasteiger partial charge in [-0.2, -0.15) is 0 Å². The van der Waals surface area contributed by atoms with Gasteiger partial charge in [-0.3, -0.25) is 9.59 Å². The Morgan fingerprint density at radius 1 is 1.16 bits per heavy atom. The van der Waals surface area contributed by atoms with Crippen molar-refractivity contribution in [2.24, 2.45) is 5.92 Å². The van der Waals surface area contributed by atoms with Gasteiger partial charge in [0, 0.05) is 58.3 Å². The number of piperidine rings is 1. The molecule has 3 rings (SSSR count). The van der Waals surface area contributed by atoms with E-state index in [1.165, 1.54) is 0 Å². The van der Waals surface area contributed by atoms with Gasteiger partial charge in [0.05, 0.1) is 12.1 Å². The van der Waals surface area contributed by atoms with Crippen LogP contribution < -0.4 is 5.32 Å². The molecule has 1 atom stereocenters. The minimum atomic E-state index is -0.804. The van der Waals surface area contributed by atoms with E-state index in [-0.39, 0.29) is 23.8 Å². The quantitative estimate of drug-likeness (QED) is 0.742. The van der Waals surface area contributed by atoms with Crippen molar-refractivity contribution in [2.75, 3.05) is 45.9 Å². The van der Waals surface area contributed by atoms with Gasteiger partial charge in [-0.05, 0) is 32.1 Å². The fraction of sp³-hybridized carbons (Fsp3) is 0.889. The summed E-state index contributed by atoms with van der Waals surface area (Å²) < 4.78 is 5.33. The van der Waals surface area contributed by atoms with Crippen LogP contribution in [-0.2, 0) is 14.3 Å². The molecule has 0 aromatic carbocycles. The third-order valence-corrected chi connectivity index (χ3v) is 5.73. The van der Waals surface area contributed by atoms with Crippen molar-refractivity contribution in [1.82, 2.24) is 15.1 Å². The van der Waals surface area contributed by atoms with E-state index in [0.717, 1.165) is 38.8 Å². The predicted molar refractivity (Wildman–Crippen MR) is 93.0 cm³/mol. The molecular formula is C18H31N3O4. The zero-order valence-corrected chi connectivity index (χ0v) is 15.2. The topological polar surface area (TPSA) is 82.1 Å². The number of likely N-dealkylation sites (tertiary alicyclic amines) is 2. The Bertz CT molecular complexity index is 487. The van der Waals surface area contributed by atoms with E-state index in [2.05, 4.69) is 10.2 Å².